The van der Waals surface area contributed by atoms with Crippen LogP contribution in [0.15, 0.2) is 6.20 Å². The van der Waals surface area contributed by atoms with Crippen molar-refractivity contribution >= 4 is 32.9 Å². The molecule has 5 nitrogen and oxygen atoms in total. The van der Waals surface area contributed by atoms with Crippen molar-refractivity contribution in [3.63, 3.8) is 0 Å². The van der Waals surface area contributed by atoms with Crippen LogP contribution in [0.4, 0.5) is 10.3 Å². The Hall–Kier alpha value is -1.21. The van der Waals surface area contributed by atoms with Crippen molar-refractivity contribution in [3.05, 3.63) is 6.20 Å². The Morgan fingerprint density at radius 1 is 1.29 bits per heavy atom. The molecule has 74 valence electrons. The van der Waals surface area contributed by atoms with Gasteiger partial charge < -0.3 is 10.6 Å². The molecule has 0 aliphatic carbocycles. The quantitative estimate of drug-likeness (QED) is 0.837. The zero-order chi connectivity index (χ0) is 10.1. The van der Waals surface area contributed by atoms with Gasteiger partial charge in [-0.1, -0.05) is 22.7 Å². The molecule has 0 aliphatic rings. The van der Waals surface area contributed by atoms with Crippen molar-refractivity contribution in [2.24, 2.45) is 0 Å². The topological polar surface area (TPSA) is 67.9 Å². The van der Waals surface area contributed by atoms with Gasteiger partial charge in [0.25, 0.3) is 0 Å². The van der Waals surface area contributed by atoms with Gasteiger partial charge in [0.05, 0.1) is 11.1 Å². The summed E-state index contributed by atoms with van der Waals surface area (Å²) in [6.07, 6.45) is 1.79. The van der Waals surface area contributed by atoms with Gasteiger partial charge in [-0.05, 0) is 0 Å². The fourth-order valence-electron chi connectivity index (χ4n) is 0.905. The van der Waals surface area contributed by atoms with E-state index < -0.39 is 0 Å². The summed E-state index contributed by atoms with van der Waals surface area (Å²) >= 11 is 2.95. The normalized spacial score (nSPS) is 10.4. The van der Waals surface area contributed by atoms with E-state index in [0.717, 1.165) is 15.0 Å². The van der Waals surface area contributed by atoms with Crippen molar-refractivity contribution in [1.29, 1.82) is 0 Å². The van der Waals surface area contributed by atoms with E-state index in [-0.39, 0.29) is 0 Å². The Bertz CT molecular complexity index is 433. The van der Waals surface area contributed by atoms with Crippen molar-refractivity contribution in [1.82, 2.24) is 15.2 Å². The van der Waals surface area contributed by atoms with E-state index in [1.165, 1.54) is 11.3 Å². The predicted octanol–water partition coefficient (Wildman–Crippen LogP) is 1.31. The summed E-state index contributed by atoms with van der Waals surface area (Å²) < 4.78 is 0. The predicted molar refractivity (Wildman–Crippen MR) is 59.8 cm³/mol. The molecule has 0 radical (unpaired) electrons. The number of rotatable bonds is 2. The minimum atomic E-state index is 0.486. The molecule has 0 amide bonds. The van der Waals surface area contributed by atoms with Crippen LogP contribution in [0.1, 0.15) is 0 Å². The lowest BCUT2D eigenvalue weighted by atomic mass is 10.6. The van der Waals surface area contributed by atoms with Gasteiger partial charge in [-0.3, -0.25) is 0 Å². The molecular weight excluding hydrogens is 218 g/mol. The molecule has 0 unspecified atom stereocenters. The summed E-state index contributed by atoms with van der Waals surface area (Å²) in [5.74, 6) is 0. The highest BCUT2D eigenvalue weighted by Crippen LogP contribution is 2.32. The summed E-state index contributed by atoms with van der Waals surface area (Å²) in [7, 11) is 3.91. The van der Waals surface area contributed by atoms with Crippen LogP contribution in [0.5, 0.6) is 0 Å². The maximum Gasteiger partial charge on any atom is 0.203 e. The molecule has 0 spiro atoms. The highest BCUT2D eigenvalue weighted by molar-refractivity contribution is 7.24. The van der Waals surface area contributed by atoms with E-state index in [1.54, 1.807) is 17.5 Å². The molecule has 0 fully saturated rings. The van der Waals surface area contributed by atoms with Crippen LogP contribution in [0, 0.1) is 0 Å². The van der Waals surface area contributed by atoms with Crippen LogP contribution in [-0.4, -0.2) is 29.3 Å². The maximum atomic E-state index is 5.50. The fourth-order valence-corrected chi connectivity index (χ4v) is 2.39. The number of nitrogen functional groups attached to an aromatic ring is 1. The molecule has 0 saturated heterocycles. The molecule has 0 atom stereocenters. The fraction of sp³-hybridized carbons (Fsp3) is 0.286. The zero-order valence-electron chi connectivity index (χ0n) is 7.76. The molecule has 2 heterocycles. The average Bonchev–Trinajstić information content (AvgIpc) is 2.70. The molecular formula is C7H9N5S2. The van der Waals surface area contributed by atoms with Gasteiger partial charge >= 0.3 is 0 Å². The maximum absolute atomic E-state index is 5.50. The SMILES string of the molecule is CN(C)c1ncc(-c2nnc(N)s2)s1. The van der Waals surface area contributed by atoms with Crippen LogP contribution in [0.2, 0.25) is 0 Å². The Labute approximate surface area is 89.2 Å². The highest BCUT2D eigenvalue weighted by Gasteiger charge is 2.09. The lowest BCUT2D eigenvalue weighted by Crippen LogP contribution is -2.07. The number of nitrogens with zero attached hydrogens (tertiary/aromatic N) is 4. The van der Waals surface area contributed by atoms with Crippen molar-refractivity contribution < 1.29 is 0 Å². The van der Waals surface area contributed by atoms with Gasteiger partial charge in [-0.25, -0.2) is 4.98 Å². The first-order valence-corrected chi connectivity index (χ1v) is 5.52. The van der Waals surface area contributed by atoms with Crippen LogP contribution >= 0.6 is 22.7 Å². The third-order valence-electron chi connectivity index (χ3n) is 1.53. The molecule has 0 saturated carbocycles. The van der Waals surface area contributed by atoms with Crippen molar-refractivity contribution in [3.8, 4) is 9.88 Å². The number of nitrogens with two attached hydrogens (primary N) is 1. The first-order valence-electron chi connectivity index (χ1n) is 3.89. The minimum absolute atomic E-state index is 0.486. The van der Waals surface area contributed by atoms with Gasteiger partial charge in [0.2, 0.25) is 5.13 Å². The van der Waals surface area contributed by atoms with E-state index in [0.29, 0.717) is 5.13 Å². The first kappa shape index (κ1) is 9.35. The largest absolute Gasteiger partial charge is 0.374 e. The van der Waals surface area contributed by atoms with Crippen LogP contribution in [-0.2, 0) is 0 Å². The Balaban J connectivity index is 2.33. The molecule has 2 aromatic heterocycles. The zero-order valence-corrected chi connectivity index (χ0v) is 9.39. The monoisotopic (exact) mass is 227 g/mol. The standard InChI is InChI=1S/C7H9N5S2/c1-12(2)7-9-3-4(13-7)5-10-11-6(8)14-5/h3H,1-2H3,(H2,8,11). The number of hydrogen-bond donors (Lipinski definition) is 1. The van der Waals surface area contributed by atoms with Crippen molar-refractivity contribution in [2.75, 3.05) is 24.7 Å². The molecule has 2 N–H and O–H groups in total. The summed E-state index contributed by atoms with van der Waals surface area (Å²) in [6, 6.07) is 0. The van der Waals surface area contributed by atoms with Gasteiger partial charge in [0.15, 0.2) is 10.1 Å². The van der Waals surface area contributed by atoms with Gasteiger partial charge in [-0.2, -0.15) is 0 Å². The van der Waals surface area contributed by atoms with Crippen molar-refractivity contribution in [2.45, 2.75) is 0 Å². The Kier molecular flexibility index (Phi) is 2.34. The van der Waals surface area contributed by atoms with E-state index in [1.807, 2.05) is 19.0 Å². The third kappa shape index (κ3) is 1.68. The number of anilines is 2. The highest BCUT2D eigenvalue weighted by atomic mass is 32.1. The van der Waals surface area contributed by atoms with Gasteiger partial charge in [-0.15, -0.1) is 10.2 Å². The van der Waals surface area contributed by atoms with Crippen LogP contribution in [0.25, 0.3) is 9.88 Å². The summed E-state index contributed by atoms with van der Waals surface area (Å²) in [6.45, 7) is 0. The number of thiazole rings is 1. The molecule has 0 bridgehead atoms. The molecule has 7 heteroatoms. The van der Waals surface area contributed by atoms with E-state index in [2.05, 4.69) is 15.2 Å². The second-order valence-corrected chi connectivity index (χ2v) is 4.87. The summed E-state index contributed by atoms with van der Waals surface area (Å²) in [5, 5.41) is 9.98. The van der Waals surface area contributed by atoms with Gasteiger partial charge in [0, 0.05) is 14.1 Å². The van der Waals surface area contributed by atoms with Crippen LogP contribution < -0.4 is 10.6 Å². The molecule has 0 aliphatic heterocycles. The summed E-state index contributed by atoms with van der Waals surface area (Å²) in [5.41, 5.74) is 5.50. The lowest BCUT2D eigenvalue weighted by Gasteiger charge is -2.04. The minimum Gasteiger partial charge on any atom is -0.374 e. The average molecular weight is 227 g/mol. The molecule has 2 aromatic rings. The second-order valence-electron chi connectivity index (χ2n) is 2.85. The van der Waals surface area contributed by atoms with E-state index >= 15 is 0 Å². The lowest BCUT2D eigenvalue weighted by molar-refractivity contribution is 1.10. The third-order valence-corrected chi connectivity index (χ3v) is 3.61. The number of hydrogen-bond acceptors (Lipinski definition) is 7. The molecule has 0 aromatic carbocycles. The smallest absolute Gasteiger partial charge is 0.203 e. The van der Waals surface area contributed by atoms with E-state index in [4.69, 9.17) is 5.73 Å². The van der Waals surface area contributed by atoms with Gasteiger partial charge in [0.1, 0.15) is 0 Å². The molecule has 2 rings (SSSR count). The second kappa shape index (κ2) is 3.50. The summed E-state index contributed by atoms with van der Waals surface area (Å²) in [4.78, 5) is 7.20. The number of aromatic nitrogens is 3. The first-order chi connectivity index (χ1) is 6.66. The van der Waals surface area contributed by atoms with Crippen LogP contribution in [0.3, 0.4) is 0 Å². The molecule has 14 heavy (non-hydrogen) atoms. The Morgan fingerprint density at radius 2 is 2.07 bits per heavy atom. The van der Waals surface area contributed by atoms with E-state index in [9.17, 15) is 0 Å². The Morgan fingerprint density at radius 3 is 2.57 bits per heavy atom.